The van der Waals surface area contributed by atoms with Crippen LogP contribution in [0.15, 0.2) is 23.3 Å². The maximum atomic E-state index is 11.2. The normalized spacial score (nSPS) is 11.8. The lowest BCUT2D eigenvalue weighted by Crippen LogP contribution is -2.22. The van der Waals surface area contributed by atoms with Crippen molar-refractivity contribution in [2.24, 2.45) is 0 Å². The number of hydrogen-bond acceptors (Lipinski definition) is 2. The Kier molecular flexibility index (Phi) is 5.20. The van der Waals surface area contributed by atoms with Crippen LogP contribution < -0.4 is 5.43 Å². The molecular weight excluding hydrogens is 333 g/mol. The molecule has 3 nitrogen and oxygen atoms in total. The van der Waals surface area contributed by atoms with Crippen LogP contribution in [-0.4, -0.2) is 19.2 Å². The molecule has 16 heavy (non-hydrogen) atoms. The monoisotopic (exact) mass is 351 g/mol. The minimum atomic E-state index is -1.00. The van der Waals surface area contributed by atoms with Crippen LogP contribution in [0.25, 0.3) is 0 Å². The number of hydrogen-bond donors (Lipinski definition) is 0. The molecule has 0 spiro atoms. The molecule has 1 heterocycles. The Balaban J connectivity index is 2.38. The second-order valence-corrected chi connectivity index (χ2v) is 11.8. The summed E-state index contributed by atoms with van der Waals surface area (Å²) in [6.07, 6.45) is 3.58. The van der Waals surface area contributed by atoms with E-state index >= 15 is 0 Å². The van der Waals surface area contributed by atoms with Crippen molar-refractivity contribution in [3.63, 3.8) is 0 Å². The Labute approximate surface area is 111 Å². The van der Waals surface area contributed by atoms with Gasteiger partial charge in [-0.1, -0.05) is 19.6 Å². The second-order valence-electron chi connectivity index (χ2n) is 5.02. The van der Waals surface area contributed by atoms with E-state index in [4.69, 9.17) is 4.74 Å². The number of nitrogens with zero attached hydrogens (tertiary/aromatic N) is 1. The fourth-order valence-electron chi connectivity index (χ4n) is 1.12. The van der Waals surface area contributed by atoms with Gasteiger partial charge in [0, 0.05) is 33.1 Å². The van der Waals surface area contributed by atoms with Gasteiger partial charge in [-0.3, -0.25) is 4.79 Å². The molecule has 0 saturated carbocycles. The Morgan fingerprint density at radius 1 is 1.44 bits per heavy atom. The number of pyridine rings is 1. The molecule has 0 radical (unpaired) electrons. The lowest BCUT2D eigenvalue weighted by molar-refractivity contribution is 0.0866. The molecule has 0 fully saturated rings. The predicted molar refractivity (Wildman–Crippen MR) is 77.5 cm³/mol. The number of halogens is 1. The predicted octanol–water partition coefficient (Wildman–Crippen LogP) is 2.77. The van der Waals surface area contributed by atoms with Gasteiger partial charge in [-0.2, -0.15) is 0 Å². The molecule has 0 unspecified atom stereocenters. The fourth-order valence-corrected chi connectivity index (χ4v) is 2.42. The maximum Gasteiger partial charge on any atom is 0.194 e. The first kappa shape index (κ1) is 13.9. The zero-order chi connectivity index (χ0) is 12.2. The summed E-state index contributed by atoms with van der Waals surface area (Å²) in [4.78, 5) is 11.2. The molecular formula is C11H18INO2Si. The van der Waals surface area contributed by atoms with Gasteiger partial charge in [-0.05, 0) is 28.6 Å². The first-order valence-corrected chi connectivity index (χ1v) is 10.1. The van der Waals surface area contributed by atoms with Crippen molar-refractivity contribution in [3.8, 4) is 0 Å². The Morgan fingerprint density at radius 3 is 2.69 bits per heavy atom. The molecule has 0 aliphatic heterocycles. The van der Waals surface area contributed by atoms with E-state index < -0.39 is 8.07 Å². The summed E-state index contributed by atoms with van der Waals surface area (Å²) in [6, 6.07) is 2.74. The third-order valence-corrected chi connectivity index (χ3v) is 4.68. The van der Waals surface area contributed by atoms with Crippen LogP contribution in [0.5, 0.6) is 0 Å². The first-order chi connectivity index (χ1) is 7.38. The highest BCUT2D eigenvalue weighted by Gasteiger charge is 2.11. The smallest absolute Gasteiger partial charge is 0.194 e. The Bertz CT molecular complexity index is 398. The van der Waals surface area contributed by atoms with Gasteiger partial charge in [0.1, 0.15) is 6.73 Å². The lowest BCUT2D eigenvalue weighted by atomic mass is 10.5. The van der Waals surface area contributed by atoms with Crippen LogP contribution in [0.4, 0.5) is 0 Å². The number of aromatic nitrogens is 1. The van der Waals surface area contributed by atoms with E-state index in [1.165, 1.54) is 6.04 Å². The molecule has 0 bridgehead atoms. The average Bonchev–Trinajstić information content (AvgIpc) is 2.17. The molecule has 0 aliphatic rings. The van der Waals surface area contributed by atoms with E-state index in [0.717, 1.165) is 10.2 Å². The molecule has 0 aromatic carbocycles. The minimum Gasteiger partial charge on any atom is -0.361 e. The van der Waals surface area contributed by atoms with Crippen LogP contribution in [0.2, 0.25) is 25.7 Å². The van der Waals surface area contributed by atoms with Crippen molar-refractivity contribution < 1.29 is 4.74 Å². The van der Waals surface area contributed by atoms with Gasteiger partial charge >= 0.3 is 0 Å². The number of rotatable bonds is 5. The van der Waals surface area contributed by atoms with Crippen LogP contribution in [0, 0.1) is 3.57 Å². The maximum absolute atomic E-state index is 11.2. The van der Waals surface area contributed by atoms with Crippen molar-refractivity contribution >= 4 is 30.7 Å². The molecule has 0 amide bonds. The zero-order valence-electron chi connectivity index (χ0n) is 10.00. The van der Waals surface area contributed by atoms with Gasteiger partial charge in [-0.15, -0.1) is 0 Å². The highest BCUT2D eigenvalue weighted by molar-refractivity contribution is 14.1. The van der Waals surface area contributed by atoms with Crippen LogP contribution in [0.1, 0.15) is 0 Å². The highest BCUT2D eigenvalue weighted by Crippen LogP contribution is 2.07. The van der Waals surface area contributed by atoms with Crippen molar-refractivity contribution in [2.75, 3.05) is 6.61 Å². The summed E-state index contributed by atoms with van der Waals surface area (Å²) in [7, 11) is -1.00. The highest BCUT2D eigenvalue weighted by atomic mass is 127. The summed E-state index contributed by atoms with van der Waals surface area (Å²) >= 11 is 2.04. The zero-order valence-corrected chi connectivity index (χ0v) is 13.2. The Hall–Kier alpha value is -0.143. The Morgan fingerprint density at radius 2 is 2.12 bits per heavy atom. The van der Waals surface area contributed by atoms with E-state index in [0.29, 0.717) is 6.73 Å². The fraction of sp³-hybridized carbons (Fsp3) is 0.545. The van der Waals surface area contributed by atoms with Crippen molar-refractivity contribution in [1.29, 1.82) is 0 Å². The summed E-state index contributed by atoms with van der Waals surface area (Å²) in [5.74, 6) is 0. The van der Waals surface area contributed by atoms with E-state index in [2.05, 4.69) is 19.6 Å². The van der Waals surface area contributed by atoms with E-state index in [1.54, 1.807) is 12.3 Å². The quantitative estimate of drug-likeness (QED) is 0.464. The van der Waals surface area contributed by atoms with Crippen LogP contribution in [-0.2, 0) is 11.5 Å². The molecule has 0 aliphatic carbocycles. The summed E-state index contributed by atoms with van der Waals surface area (Å²) < 4.78 is 8.21. The molecule has 1 aromatic heterocycles. The van der Waals surface area contributed by atoms with Crippen LogP contribution in [0.3, 0.4) is 0 Å². The molecule has 5 heteroatoms. The topological polar surface area (TPSA) is 31.2 Å². The summed E-state index contributed by atoms with van der Waals surface area (Å²) in [5, 5.41) is 0. The minimum absolute atomic E-state index is 0.0685. The van der Waals surface area contributed by atoms with Crippen molar-refractivity contribution in [3.05, 3.63) is 32.3 Å². The van der Waals surface area contributed by atoms with Gasteiger partial charge in [0.2, 0.25) is 0 Å². The molecule has 90 valence electrons. The summed E-state index contributed by atoms with van der Waals surface area (Å²) in [6.45, 7) is 8.33. The van der Waals surface area contributed by atoms with Gasteiger partial charge in [0.15, 0.2) is 5.43 Å². The largest absolute Gasteiger partial charge is 0.361 e. The second kappa shape index (κ2) is 5.97. The van der Waals surface area contributed by atoms with Crippen LogP contribution >= 0.6 is 22.6 Å². The van der Waals surface area contributed by atoms with E-state index in [9.17, 15) is 4.79 Å². The lowest BCUT2D eigenvalue weighted by Gasteiger charge is -2.15. The van der Waals surface area contributed by atoms with Gasteiger partial charge in [-0.25, -0.2) is 0 Å². The first-order valence-electron chi connectivity index (χ1n) is 5.32. The molecule has 1 rings (SSSR count). The van der Waals surface area contributed by atoms with Gasteiger partial charge < -0.3 is 9.30 Å². The molecule has 0 atom stereocenters. The van der Waals surface area contributed by atoms with Crippen molar-refractivity contribution in [2.45, 2.75) is 32.4 Å². The third kappa shape index (κ3) is 5.27. The SMILES string of the molecule is C[Si](C)(C)CCOCn1ccc(=O)c(I)c1. The van der Waals surface area contributed by atoms with E-state index in [1.807, 2.05) is 33.4 Å². The van der Waals surface area contributed by atoms with Gasteiger partial charge in [0.05, 0.1) is 3.57 Å². The molecule has 1 aromatic rings. The number of ether oxygens (including phenoxy) is 1. The summed E-state index contributed by atoms with van der Waals surface area (Å²) in [5.41, 5.74) is 0.0685. The molecule has 0 saturated heterocycles. The van der Waals surface area contributed by atoms with Gasteiger partial charge in [0.25, 0.3) is 0 Å². The standard InChI is InChI=1S/C11H18INO2Si/c1-16(2,3)7-6-15-9-13-5-4-11(14)10(12)8-13/h4-5,8H,6-7,9H2,1-3H3. The molecule has 0 N–H and O–H groups in total. The van der Waals surface area contributed by atoms with E-state index in [-0.39, 0.29) is 5.43 Å². The third-order valence-electron chi connectivity index (χ3n) is 2.17. The average molecular weight is 351 g/mol. The van der Waals surface area contributed by atoms with Crippen molar-refractivity contribution in [1.82, 2.24) is 4.57 Å².